The average molecular weight is 260 g/mol. The normalized spacial score (nSPS) is 15.6. The van der Waals surface area contributed by atoms with Crippen molar-refractivity contribution in [1.82, 2.24) is 5.32 Å². The Bertz CT molecular complexity index is 454. The zero-order chi connectivity index (χ0) is 13.8. The summed E-state index contributed by atoms with van der Waals surface area (Å²) in [6, 6.07) is 6.21. The van der Waals surface area contributed by atoms with Gasteiger partial charge in [0.15, 0.2) is 0 Å². The van der Waals surface area contributed by atoms with Gasteiger partial charge in [-0.1, -0.05) is 26.8 Å². The molecule has 1 aliphatic heterocycles. The molecule has 0 aromatic heterocycles. The highest BCUT2D eigenvalue weighted by Crippen LogP contribution is 2.25. The highest BCUT2D eigenvalue weighted by Gasteiger charge is 2.20. The summed E-state index contributed by atoms with van der Waals surface area (Å²) in [7, 11) is 0. The molecule has 1 atom stereocenters. The highest BCUT2D eigenvalue weighted by atomic mass is 16.1. The SMILES string of the molecule is CCC(NC(=O)c1cccc2c1CCCN2)C(C)C. The number of benzene rings is 1. The Morgan fingerprint density at radius 3 is 2.89 bits per heavy atom. The highest BCUT2D eigenvalue weighted by molar-refractivity contribution is 5.97. The molecule has 0 aliphatic carbocycles. The van der Waals surface area contributed by atoms with Gasteiger partial charge in [0.1, 0.15) is 0 Å². The summed E-state index contributed by atoms with van der Waals surface area (Å²) >= 11 is 0. The third-order valence-electron chi connectivity index (χ3n) is 3.90. The van der Waals surface area contributed by atoms with Gasteiger partial charge in [-0.25, -0.2) is 0 Å². The predicted octanol–water partition coefficient (Wildman–Crippen LogP) is 3.21. The van der Waals surface area contributed by atoms with E-state index in [-0.39, 0.29) is 11.9 Å². The number of anilines is 1. The van der Waals surface area contributed by atoms with Gasteiger partial charge in [-0.3, -0.25) is 4.79 Å². The number of amides is 1. The van der Waals surface area contributed by atoms with E-state index in [1.54, 1.807) is 0 Å². The number of hydrogen-bond donors (Lipinski definition) is 2. The van der Waals surface area contributed by atoms with Gasteiger partial charge in [0.25, 0.3) is 5.91 Å². The number of nitrogens with one attached hydrogen (secondary N) is 2. The van der Waals surface area contributed by atoms with E-state index in [0.29, 0.717) is 5.92 Å². The summed E-state index contributed by atoms with van der Waals surface area (Å²) in [4.78, 5) is 12.5. The van der Waals surface area contributed by atoms with Gasteiger partial charge in [-0.2, -0.15) is 0 Å². The first-order chi connectivity index (χ1) is 9.13. The maximum absolute atomic E-state index is 12.5. The quantitative estimate of drug-likeness (QED) is 0.872. The van der Waals surface area contributed by atoms with E-state index in [0.717, 1.165) is 37.1 Å². The molecule has 1 unspecified atom stereocenters. The van der Waals surface area contributed by atoms with E-state index in [9.17, 15) is 4.79 Å². The molecule has 0 bridgehead atoms. The van der Waals surface area contributed by atoms with E-state index in [2.05, 4.69) is 37.5 Å². The Kier molecular flexibility index (Phi) is 4.46. The van der Waals surface area contributed by atoms with E-state index < -0.39 is 0 Å². The molecule has 0 spiro atoms. The van der Waals surface area contributed by atoms with Crippen molar-refractivity contribution in [3.05, 3.63) is 29.3 Å². The first-order valence-electron chi connectivity index (χ1n) is 7.30. The van der Waals surface area contributed by atoms with Gasteiger partial charge >= 0.3 is 0 Å². The van der Waals surface area contributed by atoms with Crippen molar-refractivity contribution >= 4 is 11.6 Å². The monoisotopic (exact) mass is 260 g/mol. The van der Waals surface area contributed by atoms with Crippen molar-refractivity contribution in [2.24, 2.45) is 5.92 Å². The summed E-state index contributed by atoms with van der Waals surface area (Å²) in [5.41, 5.74) is 3.13. The van der Waals surface area contributed by atoms with Gasteiger partial charge in [0.05, 0.1) is 0 Å². The van der Waals surface area contributed by atoms with Crippen molar-refractivity contribution in [2.45, 2.75) is 46.1 Å². The molecule has 1 amide bonds. The maximum Gasteiger partial charge on any atom is 0.251 e. The van der Waals surface area contributed by atoms with E-state index >= 15 is 0 Å². The van der Waals surface area contributed by atoms with Crippen molar-refractivity contribution in [1.29, 1.82) is 0 Å². The fourth-order valence-electron chi connectivity index (χ4n) is 2.71. The molecule has 2 N–H and O–H groups in total. The number of carbonyl (C=O) groups excluding carboxylic acids is 1. The fourth-order valence-corrected chi connectivity index (χ4v) is 2.71. The second kappa shape index (κ2) is 6.09. The van der Waals surface area contributed by atoms with Crippen LogP contribution in [-0.2, 0) is 6.42 Å². The molecule has 1 aromatic rings. The topological polar surface area (TPSA) is 41.1 Å². The number of rotatable bonds is 4. The van der Waals surface area contributed by atoms with Gasteiger partial charge in [-0.05, 0) is 42.9 Å². The second-order valence-corrected chi connectivity index (χ2v) is 5.59. The molecule has 0 radical (unpaired) electrons. The lowest BCUT2D eigenvalue weighted by atomic mass is 9.96. The lowest BCUT2D eigenvalue weighted by Gasteiger charge is -2.24. The minimum absolute atomic E-state index is 0.0705. The molecular weight excluding hydrogens is 236 g/mol. The lowest BCUT2D eigenvalue weighted by Crippen LogP contribution is -2.38. The summed E-state index contributed by atoms with van der Waals surface area (Å²) in [5, 5.41) is 6.53. The number of carbonyl (C=O) groups is 1. The Morgan fingerprint density at radius 1 is 1.42 bits per heavy atom. The molecule has 19 heavy (non-hydrogen) atoms. The predicted molar refractivity (Wildman–Crippen MR) is 79.6 cm³/mol. The molecule has 1 aromatic carbocycles. The molecule has 0 fully saturated rings. The minimum Gasteiger partial charge on any atom is -0.385 e. The fraction of sp³-hybridized carbons (Fsp3) is 0.562. The van der Waals surface area contributed by atoms with Crippen molar-refractivity contribution < 1.29 is 4.79 Å². The van der Waals surface area contributed by atoms with Crippen molar-refractivity contribution in [2.75, 3.05) is 11.9 Å². The molecule has 3 nitrogen and oxygen atoms in total. The first kappa shape index (κ1) is 13.9. The van der Waals surface area contributed by atoms with Crippen molar-refractivity contribution in [3.63, 3.8) is 0 Å². The summed E-state index contributed by atoms with van der Waals surface area (Å²) in [5.74, 6) is 0.535. The second-order valence-electron chi connectivity index (χ2n) is 5.59. The largest absolute Gasteiger partial charge is 0.385 e. The van der Waals surface area contributed by atoms with Gasteiger partial charge in [0, 0.05) is 23.8 Å². The van der Waals surface area contributed by atoms with Crippen LogP contribution in [0.4, 0.5) is 5.69 Å². The van der Waals surface area contributed by atoms with Crippen LogP contribution >= 0.6 is 0 Å². The molecule has 3 heteroatoms. The van der Waals surface area contributed by atoms with Crippen LogP contribution in [0.5, 0.6) is 0 Å². The standard InChI is InChI=1S/C16H24N2O/c1-4-14(11(2)3)18-16(19)13-7-5-9-15-12(13)8-6-10-17-15/h5,7,9,11,14,17H,4,6,8,10H2,1-3H3,(H,18,19). The minimum atomic E-state index is 0.0705. The van der Waals surface area contributed by atoms with E-state index in [1.807, 2.05) is 12.1 Å². The van der Waals surface area contributed by atoms with Crippen LogP contribution in [0, 0.1) is 5.92 Å². The van der Waals surface area contributed by atoms with Crippen LogP contribution in [0.25, 0.3) is 0 Å². The summed E-state index contributed by atoms with van der Waals surface area (Å²) in [6.45, 7) is 7.42. The maximum atomic E-state index is 12.5. The zero-order valence-electron chi connectivity index (χ0n) is 12.1. The summed E-state index contributed by atoms with van der Waals surface area (Å²) < 4.78 is 0. The van der Waals surface area contributed by atoms with Gasteiger partial charge < -0.3 is 10.6 Å². The smallest absolute Gasteiger partial charge is 0.251 e. The third-order valence-corrected chi connectivity index (χ3v) is 3.90. The Morgan fingerprint density at radius 2 is 2.21 bits per heavy atom. The zero-order valence-corrected chi connectivity index (χ0v) is 12.1. The van der Waals surface area contributed by atoms with E-state index in [1.165, 1.54) is 5.56 Å². The van der Waals surface area contributed by atoms with E-state index in [4.69, 9.17) is 0 Å². The molecule has 0 saturated heterocycles. The van der Waals surface area contributed by atoms with Crippen LogP contribution < -0.4 is 10.6 Å². The van der Waals surface area contributed by atoms with Gasteiger partial charge in [0.2, 0.25) is 0 Å². The Hall–Kier alpha value is -1.51. The molecule has 2 rings (SSSR count). The number of fused-ring (bicyclic) bond motifs is 1. The molecular formula is C16H24N2O. The van der Waals surface area contributed by atoms with Crippen LogP contribution in [0.3, 0.4) is 0 Å². The average Bonchev–Trinajstić information content (AvgIpc) is 2.43. The van der Waals surface area contributed by atoms with Crippen LogP contribution in [0.2, 0.25) is 0 Å². The Labute approximate surface area is 115 Å². The van der Waals surface area contributed by atoms with Crippen LogP contribution in [-0.4, -0.2) is 18.5 Å². The third kappa shape index (κ3) is 3.09. The summed E-state index contributed by atoms with van der Waals surface area (Å²) in [6.07, 6.45) is 3.06. The van der Waals surface area contributed by atoms with Crippen LogP contribution in [0.15, 0.2) is 18.2 Å². The van der Waals surface area contributed by atoms with Crippen LogP contribution in [0.1, 0.15) is 49.5 Å². The first-order valence-corrected chi connectivity index (χ1v) is 7.30. The lowest BCUT2D eigenvalue weighted by molar-refractivity contribution is 0.0923. The Balaban J connectivity index is 2.19. The molecule has 1 heterocycles. The molecule has 1 aliphatic rings. The number of hydrogen-bond acceptors (Lipinski definition) is 2. The molecule has 0 saturated carbocycles. The van der Waals surface area contributed by atoms with Gasteiger partial charge in [-0.15, -0.1) is 0 Å². The van der Waals surface area contributed by atoms with Crippen molar-refractivity contribution in [3.8, 4) is 0 Å². The molecule has 104 valence electrons.